The maximum absolute atomic E-state index is 9.67. The van der Waals surface area contributed by atoms with Gasteiger partial charge in [-0.15, -0.1) is 12.8 Å². The van der Waals surface area contributed by atoms with Gasteiger partial charge in [0, 0.05) is 0 Å². The second-order valence-electron chi connectivity index (χ2n) is 9.42. The van der Waals surface area contributed by atoms with Crippen LogP contribution in [0.25, 0.3) is 0 Å². The van der Waals surface area contributed by atoms with Crippen LogP contribution in [0.1, 0.15) is 128 Å². The van der Waals surface area contributed by atoms with Crippen molar-refractivity contribution in [2.45, 2.75) is 141 Å². The van der Waals surface area contributed by atoms with Gasteiger partial charge in [0.05, 0.1) is 6.10 Å². The lowest BCUT2D eigenvalue weighted by molar-refractivity contribution is 0.208. The molecule has 0 heterocycles. The highest BCUT2D eigenvalue weighted by molar-refractivity contribution is 5.10. The number of allylic oxidation sites excluding steroid dienone is 4. The van der Waals surface area contributed by atoms with Gasteiger partial charge in [0.25, 0.3) is 0 Å². The Morgan fingerprint density at radius 3 is 1.38 bits per heavy atom. The maximum Gasteiger partial charge on any atom is 0.133 e. The molecule has 0 fully saturated rings. The molecular weight excluding hydrogens is 416 g/mol. The predicted molar refractivity (Wildman–Crippen MR) is 149 cm³/mol. The van der Waals surface area contributed by atoms with Crippen molar-refractivity contribution < 1.29 is 10.2 Å². The Labute approximate surface area is 212 Å². The molecule has 192 valence electrons. The van der Waals surface area contributed by atoms with Crippen LogP contribution in [0.3, 0.4) is 0 Å². The minimum atomic E-state index is -0.721. The van der Waals surface area contributed by atoms with E-state index in [4.69, 9.17) is 12.8 Å². The number of hydrogen-bond donors (Lipinski definition) is 2. The summed E-state index contributed by atoms with van der Waals surface area (Å²) in [6, 6.07) is 0. The molecule has 0 saturated heterocycles. The van der Waals surface area contributed by atoms with Gasteiger partial charge < -0.3 is 10.2 Å². The molecule has 0 amide bonds. The summed E-state index contributed by atoms with van der Waals surface area (Å²) in [5.41, 5.74) is 0. The van der Waals surface area contributed by atoms with Crippen molar-refractivity contribution in [2.24, 2.45) is 0 Å². The van der Waals surface area contributed by atoms with Gasteiger partial charge in [-0.2, -0.15) is 0 Å². The van der Waals surface area contributed by atoms with Crippen LogP contribution in [0.15, 0.2) is 36.5 Å². The largest absolute Gasteiger partial charge is 0.389 e. The summed E-state index contributed by atoms with van der Waals surface area (Å²) in [7, 11) is 0. The highest BCUT2D eigenvalue weighted by atomic mass is 16.3. The van der Waals surface area contributed by atoms with Crippen LogP contribution in [0.4, 0.5) is 0 Å². The quantitative estimate of drug-likeness (QED) is 0.0847. The third-order valence-electron chi connectivity index (χ3n) is 6.18. The van der Waals surface area contributed by atoms with Gasteiger partial charge >= 0.3 is 0 Å². The standard InChI is InChI=1S/C32H52O2/c1-3-5-28-32(34)30-27-25-23-21-19-17-15-13-11-9-7-6-8-10-12-14-16-18-20-22-24-26-29-31(33)4-2/h1-2,5-7,26,28-29,31-34H,8-25,27,30H2/b7-6?,28-5?,29-26+/t31-,32+/m0/s1. The van der Waals surface area contributed by atoms with Crippen LogP contribution < -0.4 is 0 Å². The van der Waals surface area contributed by atoms with E-state index >= 15 is 0 Å². The molecule has 0 aliphatic rings. The minimum absolute atomic E-state index is 0.373. The monoisotopic (exact) mass is 468 g/mol. The predicted octanol–water partition coefficient (Wildman–Crippen LogP) is 8.45. The van der Waals surface area contributed by atoms with Crippen molar-refractivity contribution in [1.29, 1.82) is 0 Å². The number of terminal acetylenes is 2. The molecule has 34 heavy (non-hydrogen) atoms. The molecule has 0 rings (SSSR count). The Bertz CT molecular complexity index is 587. The molecule has 0 unspecified atom stereocenters. The smallest absolute Gasteiger partial charge is 0.133 e. The normalized spacial score (nSPS) is 13.5. The maximum atomic E-state index is 9.67. The van der Waals surface area contributed by atoms with Gasteiger partial charge in [0.1, 0.15) is 6.10 Å². The molecule has 2 heteroatoms. The molecule has 2 atom stereocenters. The summed E-state index contributed by atoms with van der Waals surface area (Å²) in [4.78, 5) is 0. The number of aliphatic hydroxyl groups excluding tert-OH is 2. The van der Waals surface area contributed by atoms with Crippen LogP contribution in [0.2, 0.25) is 0 Å². The van der Waals surface area contributed by atoms with Crippen LogP contribution >= 0.6 is 0 Å². The van der Waals surface area contributed by atoms with E-state index in [2.05, 4.69) is 24.0 Å². The Balaban J connectivity index is 3.21. The molecule has 0 aromatic heterocycles. The molecule has 0 aromatic rings. The number of unbranched alkanes of at least 4 members (excludes halogenated alkanes) is 17. The molecule has 0 bridgehead atoms. The van der Waals surface area contributed by atoms with Gasteiger partial charge in [-0.1, -0.05) is 114 Å². The fourth-order valence-corrected chi connectivity index (χ4v) is 4.04. The van der Waals surface area contributed by atoms with Crippen LogP contribution in [0.5, 0.6) is 0 Å². The van der Waals surface area contributed by atoms with Gasteiger partial charge in [0.15, 0.2) is 0 Å². The third kappa shape index (κ3) is 26.5. The molecule has 0 aromatic carbocycles. The highest BCUT2D eigenvalue weighted by Crippen LogP contribution is 2.13. The Morgan fingerprint density at radius 2 is 0.941 bits per heavy atom. The molecule has 0 aliphatic heterocycles. The second-order valence-corrected chi connectivity index (χ2v) is 9.42. The Morgan fingerprint density at radius 1 is 0.529 bits per heavy atom. The van der Waals surface area contributed by atoms with Crippen molar-refractivity contribution in [2.75, 3.05) is 0 Å². The van der Waals surface area contributed by atoms with Gasteiger partial charge in [-0.25, -0.2) is 0 Å². The lowest BCUT2D eigenvalue weighted by Gasteiger charge is -2.05. The third-order valence-corrected chi connectivity index (χ3v) is 6.18. The zero-order valence-electron chi connectivity index (χ0n) is 21.8. The highest BCUT2D eigenvalue weighted by Gasteiger charge is 1.98. The zero-order valence-corrected chi connectivity index (χ0v) is 21.8. The van der Waals surface area contributed by atoms with Crippen LogP contribution in [0, 0.1) is 24.7 Å². The SMILES string of the molecule is C#CC=C[C@@H](O)CCCCCCCCCCCC=CCCCCCCCCC/C=C/[C@@H](O)C#C. The number of aliphatic hydroxyl groups is 2. The minimum Gasteiger partial charge on any atom is -0.389 e. The molecular formula is C32H52O2. The molecule has 0 aliphatic carbocycles. The first-order valence-electron chi connectivity index (χ1n) is 14.0. The van der Waals surface area contributed by atoms with E-state index < -0.39 is 6.10 Å². The summed E-state index contributed by atoms with van der Waals surface area (Å²) < 4.78 is 0. The molecule has 0 radical (unpaired) electrons. The first kappa shape index (κ1) is 32.3. The van der Waals surface area contributed by atoms with Crippen molar-refractivity contribution in [1.82, 2.24) is 0 Å². The average molecular weight is 469 g/mol. The van der Waals surface area contributed by atoms with E-state index in [9.17, 15) is 10.2 Å². The zero-order chi connectivity index (χ0) is 25.0. The number of rotatable bonds is 24. The second kappa shape index (κ2) is 27.5. The average Bonchev–Trinajstić information content (AvgIpc) is 2.85. The van der Waals surface area contributed by atoms with Crippen molar-refractivity contribution in [3.63, 3.8) is 0 Å². The summed E-state index contributed by atoms with van der Waals surface area (Å²) in [6.45, 7) is 0. The van der Waals surface area contributed by atoms with Crippen LogP contribution in [-0.2, 0) is 0 Å². The molecule has 0 spiro atoms. The van der Waals surface area contributed by atoms with Crippen LogP contribution in [-0.4, -0.2) is 22.4 Å². The number of hydrogen-bond acceptors (Lipinski definition) is 2. The fourth-order valence-electron chi connectivity index (χ4n) is 4.04. The van der Waals surface area contributed by atoms with Crippen molar-refractivity contribution >= 4 is 0 Å². The summed E-state index contributed by atoms with van der Waals surface area (Å²) in [6.07, 6.45) is 46.1. The summed E-state index contributed by atoms with van der Waals surface area (Å²) in [5, 5.41) is 18.9. The molecule has 0 saturated carbocycles. The molecule has 2 N–H and O–H groups in total. The lowest BCUT2D eigenvalue weighted by atomic mass is 10.0. The van der Waals surface area contributed by atoms with Crippen molar-refractivity contribution in [3.05, 3.63) is 36.5 Å². The van der Waals surface area contributed by atoms with E-state index in [1.165, 1.54) is 109 Å². The molecule has 2 nitrogen and oxygen atoms in total. The first-order valence-corrected chi connectivity index (χ1v) is 14.0. The topological polar surface area (TPSA) is 40.5 Å². The summed E-state index contributed by atoms with van der Waals surface area (Å²) >= 11 is 0. The van der Waals surface area contributed by atoms with E-state index in [-0.39, 0.29) is 6.10 Å². The first-order chi connectivity index (χ1) is 16.7. The Kier molecular flexibility index (Phi) is 26.1. The van der Waals surface area contributed by atoms with Gasteiger partial charge in [-0.3, -0.25) is 0 Å². The van der Waals surface area contributed by atoms with Gasteiger partial charge in [-0.05, 0) is 63.2 Å². The van der Waals surface area contributed by atoms with E-state index in [1.807, 2.05) is 6.08 Å². The fraction of sp³-hybridized carbons (Fsp3) is 0.688. The van der Waals surface area contributed by atoms with Gasteiger partial charge in [0.2, 0.25) is 0 Å². The van der Waals surface area contributed by atoms with E-state index in [0.29, 0.717) is 0 Å². The van der Waals surface area contributed by atoms with E-state index in [1.54, 1.807) is 18.2 Å². The lowest BCUT2D eigenvalue weighted by Crippen LogP contribution is -2.01. The summed E-state index contributed by atoms with van der Waals surface area (Å²) in [5.74, 6) is 4.71. The Hall–Kier alpha value is -1.74. The van der Waals surface area contributed by atoms with E-state index in [0.717, 1.165) is 19.3 Å². The van der Waals surface area contributed by atoms with Crippen molar-refractivity contribution in [3.8, 4) is 24.7 Å².